The number of amides is 1. The summed E-state index contributed by atoms with van der Waals surface area (Å²) in [7, 11) is 0. The van der Waals surface area contributed by atoms with Crippen LogP contribution in [0.15, 0.2) is 36.4 Å². The summed E-state index contributed by atoms with van der Waals surface area (Å²) < 4.78 is 60.5. The summed E-state index contributed by atoms with van der Waals surface area (Å²) in [6.45, 7) is 5.64. The van der Waals surface area contributed by atoms with Gasteiger partial charge in [-0.1, -0.05) is 18.2 Å². The number of fused-ring (bicyclic) bond motifs is 1. The van der Waals surface area contributed by atoms with Crippen LogP contribution in [0.1, 0.15) is 79.2 Å². The van der Waals surface area contributed by atoms with Gasteiger partial charge >= 0.3 is 6.18 Å². The number of ether oxygens (including phenoxy) is 1. The average molecular weight is 575 g/mol. The summed E-state index contributed by atoms with van der Waals surface area (Å²) in [5.74, 6) is 0.0981. The molecule has 3 aliphatic heterocycles. The molecule has 0 unspecified atom stereocenters. The van der Waals surface area contributed by atoms with E-state index < -0.39 is 22.9 Å². The van der Waals surface area contributed by atoms with Crippen molar-refractivity contribution in [3.05, 3.63) is 70.0 Å². The van der Waals surface area contributed by atoms with Crippen LogP contribution in [0.3, 0.4) is 0 Å². The van der Waals surface area contributed by atoms with Crippen molar-refractivity contribution in [2.24, 2.45) is 5.92 Å². The van der Waals surface area contributed by atoms with E-state index in [-0.39, 0.29) is 36.8 Å². The zero-order valence-electron chi connectivity index (χ0n) is 23.6. The monoisotopic (exact) mass is 574 g/mol. The number of benzene rings is 2. The van der Waals surface area contributed by atoms with Crippen molar-refractivity contribution < 1.29 is 32.2 Å². The Hall–Kier alpha value is -2.49. The molecule has 4 aliphatic rings. The number of nitrogens with zero attached hydrogens (tertiary/aromatic N) is 2. The quantitative estimate of drug-likeness (QED) is 0.462. The molecule has 1 N–H and O–H groups in total. The molecule has 6 rings (SSSR count). The molecule has 0 aromatic heterocycles. The zero-order chi connectivity index (χ0) is 29.2. The number of aliphatic hydroxyl groups is 1. The summed E-state index contributed by atoms with van der Waals surface area (Å²) >= 11 is 0. The first-order valence-electron chi connectivity index (χ1n) is 14.7. The molecule has 2 aromatic carbocycles. The topological polar surface area (TPSA) is 53.0 Å². The number of hydrogen-bond donors (Lipinski definition) is 1. The Morgan fingerprint density at radius 3 is 2.39 bits per heavy atom. The highest BCUT2D eigenvalue weighted by Crippen LogP contribution is 2.49. The van der Waals surface area contributed by atoms with Gasteiger partial charge in [0, 0.05) is 12.6 Å². The van der Waals surface area contributed by atoms with Crippen LogP contribution in [-0.2, 0) is 27.9 Å². The highest BCUT2D eigenvalue weighted by Gasteiger charge is 2.56. The zero-order valence-corrected chi connectivity index (χ0v) is 23.6. The van der Waals surface area contributed by atoms with Crippen LogP contribution in [0.4, 0.5) is 17.6 Å². The third-order valence-corrected chi connectivity index (χ3v) is 9.84. The molecule has 1 amide bonds. The van der Waals surface area contributed by atoms with Crippen molar-refractivity contribution in [3.8, 4) is 0 Å². The maximum atomic E-state index is 14.1. The van der Waals surface area contributed by atoms with Crippen LogP contribution in [0.2, 0.25) is 0 Å². The second-order valence-corrected chi connectivity index (χ2v) is 12.8. The van der Waals surface area contributed by atoms with Crippen LogP contribution in [0.5, 0.6) is 0 Å². The number of halogens is 4. The molecule has 3 fully saturated rings. The summed E-state index contributed by atoms with van der Waals surface area (Å²) in [5.41, 5.74) is -0.622. The molecular formula is C32H38F4N2O3. The third kappa shape index (κ3) is 5.41. The molecule has 0 spiro atoms. The first-order chi connectivity index (χ1) is 19.4. The number of rotatable bonds is 4. The van der Waals surface area contributed by atoms with Gasteiger partial charge < -0.3 is 14.7 Å². The molecule has 0 radical (unpaired) electrons. The highest BCUT2D eigenvalue weighted by atomic mass is 19.4. The van der Waals surface area contributed by atoms with Gasteiger partial charge in [-0.05, 0) is 118 Å². The lowest BCUT2D eigenvalue weighted by Crippen LogP contribution is -2.60. The Morgan fingerprint density at radius 1 is 1.05 bits per heavy atom. The Morgan fingerprint density at radius 2 is 1.78 bits per heavy atom. The van der Waals surface area contributed by atoms with Crippen molar-refractivity contribution in [2.75, 3.05) is 26.2 Å². The SMILES string of the molecule is Cc1cc(C2CCN([C@@H]3CC[C@@](C(=O)N4Cc5cc(C(F)(F)F)ccc5[C@@](C)(O)C4)(C4CC4)OC3)CC2)ccc1F. The van der Waals surface area contributed by atoms with Crippen LogP contribution in [0.25, 0.3) is 0 Å². The fraction of sp³-hybridized carbons (Fsp3) is 0.594. The van der Waals surface area contributed by atoms with Gasteiger partial charge in [0.1, 0.15) is 17.0 Å². The normalized spacial score (nSPS) is 29.8. The van der Waals surface area contributed by atoms with E-state index >= 15 is 0 Å². The molecule has 1 saturated carbocycles. The Labute approximate surface area is 238 Å². The fourth-order valence-electron chi connectivity index (χ4n) is 7.36. The number of alkyl halides is 3. The van der Waals surface area contributed by atoms with Gasteiger partial charge in [0.25, 0.3) is 5.91 Å². The van der Waals surface area contributed by atoms with E-state index in [0.717, 1.165) is 57.3 Å². The van der Waals surface area contributed by atoms with Crippen molar-refractivity contribution in [2.45, 2.75) is 88.3 Å². The molecule has 3 atom stereocenters. The number of likely N-dealkylation sites (tertiary alicyclic amines) is 1. The summed E-state index contributed by atoms with van der Waals surface area (Å²) in [6.07, 6.45) is 0.604. The first-order valence-corrected chi connectivity index (χ1v) is 14.7. The smallest absolute Gasteiger partial charge is 0.384 e. The van der Waals surface area contributed by atoms with Crippen molar-refractivity contribution in [1.82, 2.24) is 9.80 Å². The van der Waals surface area contributed by atoms with E-state index in [4.69, 9.17) is 4.74 Å². The van der Waals surface area contributed by atoms with Crippen LogP contribution >= 0.6 is 0 Å². The van der Waals surface area contributed by atoms with Gasteiger partial charge in [-0.3, -0.25) is 9.69 Å². The molecule has 41 heavy (non-hydrogen) atoms. The molecule has 2 saturated heterocycles. The lowest BCUT2D eigenvalue weighted by Gasteiger charge is -2.48. The van der Waals surface area contributed by atoms with Crippen LogP contribution in [0, 0.1) is 18.7 Å². The van der Waals surface area contributed by atoms with Gasteiger partial charge in [-0.25, -0.2) is 4.39 Å². The molecule has 222 valence electrons. The average Bonchev–Trinajstić information content (AvgIpc) is 3.79. The van der Waals surface area contributed by atoms with Crippen LogP contribution in [-0.4, -0.2) is 58.7 Å². The minimum atomic E-state index is -4.50. The molecule has 3 heterocycles. The van der Waals surface area contributed by atoms with Gasteiger partial charge in [-0.2, -0.15) is 13.2 Å². The number of piperidine rings is 1. The van der Waals surface area contributed by atoms with E-state index in [0.29, 0.717) is 35.6 Å². The molecule has 0 bridgehead atoms. The van der Waals surface area contributed by atoms with E-state index in [1.54, 1.807) is 19.9 Å². The summed E-state index contributed by atoms with van der Waals surface area (Å²) in [5, 5.41) is 11.2. The predicted octanol–water partition coefficient (Wildman–Crippen LogP) is 5.91. The van der Waals surface area contributed by atoms with Crippen LogP contribution < -0.4 is 0 Å². The van der Waals surface area contributed by atoms with E-state index in [1.165, 1.54) is 16.5 Å². The van der Waals surface area contributed by atoms with Gasteiger partial charge in [0.05, 0.1) is 18.7 Å². The lowest BCUT2D eigenvalue weighted by molar-refractivity contribution is -0.180. The van der Waals surface area contributed by atoms with E-state index in [9.17, 15) is 27.5 Å². The minimum absolute atomic E-state index is 0.0157. The largest absolute Gasteiger partial charge is 0.416 e. The standard InChI is InChI=1S/C32H38F4N2O3/c1-20-15-22(3-8-28(20)33)21-10-13-37(14-11-21)26-9-12-31(41-18-26,24-4-5-24)29(39)38-17-23-16-25(32(34,35)36)6-7-27(23)30(2,40)19-38/h3,6-8,15-16,21,24,26,40H,4-5,9-14,17-19H2,1-2H3/t26-,30+,31+/m1/s1. The molecule has 2 aromatic rings. The number of hydrogen-bond acceptors (Lipinski definition) is 4. The predicted molar refractivity (Wildman–Crippen MR) is 146 cm³/mol. The maximum Gasteiger partial charge on any atom is 0.416 e. The second kappa shape index (κ2) is 10.3. The highest BCUT2D eigenvalue weighted by molar-refractivity contribution is 5.86. The Kier molecular flexibility index (Phi) is 7.22. The molecule has 9 heteroatoms. The van der Waals surface area contributed by atoms with Crippen molar-refractivity contribution >= 4 is 5.91 Å². The number of β-amino-alcohol motifs (C(OH)–C–C–N with tert-alkyl or cyclic N) is 1. The Balaban J connectivity index is 1.13. The van der Waals surface area contributed by atoms with Gasteiger partial charge in [0.15, 0.2) is 0 Å². The second-order valence-electron chi connectivity index (χ2n) is 12.8. The van der Waals surface area contributed by atoms with Gasteiger partial charge in [0.2, 0.25) is 0 Å². The van der Waals surface area contributed by atoms with Crippen molar-refractivity contribution in [1.29, 1.82) is 0 Å². The fourth-order valence-corrected chi connectivity index (χ4v) is 7.36. The summed E-state index contributed by atoms with van der Waals surface area (Å²) in [6, 6.07) is 8.98. The Bertz CT molecular complexity index is 1310. The first kappa shape index (κ1) is 28.6. The molecular weight excluding hydrogens is 536 g/mol. The maximum absolute atomic E-state index is 14.1. The number of aryl methyl sites for hydroxylation is 1. The van der Waals surface area contributed by atoms with E-state index in [2.05, 4.69) is 4.90 Å². The van der Waals surface area contributed by atoms with E-state index in [1.807, 2.05) is 12.1 Å². The summed E-state index contributed by atoms with van der Waals surface area (Å²) in [4.78, 5) is 18.0. The molecule has 1 aliphatic carbocycles. The van der Waals surface area contributed by atoms with Crippen molar-refractivity contribution in [3.63, 3.8) is 0 Å². The minimum Gasteiger partial charge on any atom is -0.384 e. The van der Waals surface area contributed by atoms with Gasteiger partial charge in [-0.15, -0.1) is 0 Å². The number of carbonyl (C=O) groups is 1. The molecule has 5 nitrogen and oxygen atoms in total. The third-order valence-electron chi connectivity index (χ3n) is 9.84. The number of carbonyl (C=O) groups excluding carboxylic acids is 1. The lowest BCUT2D eigenvalue weighted by atomic mass is 9.81.